The highest BCUT2D eigenvalue weighted by Gasteiger charge is 2.42. The van der Waals surface area contributed by atoms with Crippen LogP contribution < -0.4 is 9.64 Å². The van der Waals surface area contributed by atoms with Gasteiger partial charge in [-0.2, -0.15) is 0 Å². The Kier molecular flexibility index (Phi) is 7.17. The van der Waals surface area contributed by atoms with E-state index in [4.69, 9.17) is 15.6 Å². The molecule has 1 aliphatic carbocycles. The summed E-state index contributed by atoms with van der Waals surface area (Å²) in [6, 6.07) is 9.86. The predicted molar refractivity (Wildman–Crippen MR) is 137 cm³/mol. The molecule has 2 atom stereocenters. The first-order valence-corrected chi connectivity index (χ1v) is 12.9. The molecule has 3 fully saturated rings. The maximum atomic E-state index is 13.0. The zero-order chi connectivity index (χ0) is 27.0. The van der Waals surface area contributed by atoms with E-state index in [1.165, 1.54) is 24.3 Å². The van der Waals surface area contributed by atoms with E-state index in [-0.39, 0.29) is 53.3 Å². The van der Waals surface area contributed by atoms with Gasteiger partial charge in [0.1, 0.15) is 17.3 Å². The summed E-state index contributed by atoms with van der Waals surface area (Å²) in [4.78, 5) is 6.91. The predicted octanol–water partition coefficient (Wildman–Crippen LogP) is 6.17. The number of hydrogen-bond donors (Lipinski definition) is 3. The molecule has 1 aromatic heterocycles. The van der Waals surface area contributed by atoms with Crippen molar-refractivity contribution in [3.05, 3.63) is 65.1 Å². The summed E-state index contributed by atoms with van der Waals surface area (Å²) >= 11 is 0. The summed E-state index contributed by atoms with van der Waals surface area (Å²) in [6.45, 7) is 1.67. The van der Waals surface area contributed by atoms with Gasteiger partial charge in [-0.15, -0.1) is 13.2 Å². The fourth-order valence-electron chi connectivity index (χ4n) is 5.53. The third-order valence-electron chi connectivity index (χ3n) is 7.56. The largest absolute Gasteiger partial charge is 0.573 e. The number of halogens is 3. The van der Waals surface area contributed by atoms with Crippen molar-refractivity contribution in [3.63, 3.8) is 0 Å². The quantitative estimate of drug-likeness (QED) is 0.267. The number of benzene rings is 1. The van der Waals surface area contributed by atoms with Gasteiger partial charge in [-0.3, -0.25) is 5.41 Å². The number of pyridine rings is 1. The van der Waals surface area contributed by atoms with Gasteiger partial charge in [-0.1, -0.05) is 12.1 Å². The monoisotopic (exact) mass is 528 g/mol. The molecule has 1 aromatic carbocycles. The number of anilines is 1. The summed E-state index contributed by atoms with van der Waals surface area (Å²) in [5.74, 6) is 0.328. The highest BCUT2D eigenvalue weighted by atomic mass is 19.4. The van der Waals surface area contributed by atoms with Crippen molar-refractivity contribution in [1.29, 1.82) is 10.8 Å². The molecule has 2 aliphatic heterocycles. The van der Waals surface area contributed by atoms with Crippen LogP contribution in [0.15, 0.2) is 53.9 Å². The minimum absolute atomic E-state index is 0.0167. The smallest absolute Gasteiger partial charge is 0.512 e. The molecule has 202 valence electrons. The van der Waals surface area contributed by atoms with Crippen LogP contribution in [0.25, 0.3) is 0 Å². The third kappa shape index (κ3) is 5.70. The van der Waals surface area contributed by atoms with Crippen LogP contribution in [0.3, 0.4) is 0 Å². The van der Waals surface area contributed by atoms with E-state index in [0.29, 0.717) is 5.71 Å². The summed E-state index contributed by atoms with van der Waals surface area (Å²) in [5.41, 5.74) is 1.20. The normalized spacial score (nSPS) is 23.7. The molecule has 3 N–H and O–H groups in total. The summed E-state index contributed by atoms with van der Waals surface area (Å²) < 4.78 is 49.3. The highest BCUT2D eigenvalue weighted by Crippen LogP contribution is 2.41. The zero-order valence-corrected chi connectivity index (χ0v) is 21.1. The van der Waals surface area contributed by atoms with Crippen LogP contribution >= 0.6 is 0 Å². The number of aliphatic hydroxyl groups excluding tert-OH is 1. The Bertz CT molecular complexity index is 1230. The molecule has 10 heteroatoms. The van der Waals surface area contributed by atoms with Crippen molar-refractivity contribution >= 4 is 17.2 Å². The standard InChI is InChI=1S/C28H31F3N4O3/c1-16(32)18-8-11-25(34-14-18)35-19-9-10-20(35)13-21(12-19)37-15-23(27(36)17-6-7-17)26(33)22-4-2-3-5-24(22)38-28(29,30)31/h2-5,8,11,14,17,19-21,32-33,36H,6-7,9-10,12-13,15H2,1H3/b27-23-,32-16?,33-26?. The van der Waals surface area contributed by atoms with E-state index in [9.17, 15) is 18.3 Å². The Morgan fingerprint density at radius 1 is 1.05 bits per heavy atom. The minimum Gasteiger partial charge on any atom is -0.512 e. The fraction of sp³-hybridized carbons (Fsp3) is 0.464. The number of aromatic nitrogens is 1. The van der Waals surface area contributed by atoms with Gasteiger partial charge in [-0.05, 0) is 69.7 Å². The van der Waals surface area contributed by atoms with Crippen molar-refractivity contribution in [2.45, 2.75) is 70.0 Å². The number of piperidine rings is 1. The van der Waals surface area contributed by atoms with Crippen LogP contribution in [0.4, 0.5) is 19.0 Å². The van der Waals surface area contributed by atoms with Gasteiger partial charge in [-0.25, -0.2) is 4.98 Å². The van der Waals surface area contributed by atoms with Crippen LogP contribution in [0, 0.1) is 16.7 Å². The number of ether oxygens (including phenoxy) is 2. The molecule has 2 saturated heterocycles. The van der Waals surface area contributed by atoms with E-state index >= 15 is 0 Å². The number of hydrogen-bond acceptors (Lipinski definition) is 7. The lowest BCUT2D eigenvalue weighted by Crippen LogP contribution is -2.46. The molecule has 7 nitrogen and oxygen atoms in total. The molecule has 2 unspecified atom stereocenters. The first kappa shape index (κ1) is 26.2. The van der Waals surface area contributed by atoms with Crippen LogP contribution in [-0.2, 0) is 4.74 Å². The van der Waals surface area contributed by atoms with E-state index < -0.39 is 12.1 Å². The second-order valence-corrected chi connectivity index (χ2v) is 10.3. The van der Waals surface area contributed by atoms with E-state index in [1.54, 1.807) is 13.1 Å². The topological polar surface area (TPSA) is 103 Å². The van der Waals surface area contributed by atoms with Crippen LogP contribution in [0.5, 0.6) is 5.75 Å². The molecule has 38 heavy (non-hydrogen) atoms. The average molecular weight is 529 g/mol. The number of aliphatic hydroxyl groups is 1. The number of para-hydroxylation sites is 1. The molecule has 5 rings (SSSR count). The summed E-state index contributed by atoms with van der Waals surface area (Å²) in [6.07, 6.45) is 1.79. The summed E-state index contributed by atoms with van der Waals surface area (Å²) in [5, 5.41) is 27.4. The number of fused-ring (bicyclic) bond motifs is 2. The molecular weight excluding hydrogens is 497 g/mol. The van der Waals surface area contributed by atoms with Crippen LogP contribution in [0.2, 0.25) is 0 Å². The number of allylic oxidation sites excluding steroid dienone is 1. The van der Waals surface area contributed by atoms with Crippen molar-refractivity contribution in [3.8, 4) is 5.75 Å². The maximum Gasteiger partial charge on any atom is 0.573 e. The van der Waals surface area contributed by atoms with Gasteiger partial charge >= 0.3 is 6.36 Å². The molecule has 1 saturated carbocycles. The number of alkyl halides is 3. The van der Waals surface area contributed by atoms with Crippen molar-refractivity contribution in [1.82, 2.24) is 4.98 Å². The van der Waals surface area contributed by atoms with Gasteiger partial charge in [0, 0.05) is 46.6 Å². The van der Waals surface area contributed by atoms with Gasteiger partial charge in [0.25, 0.3) is 0 Å². The molecule has 0 spiro atoms. The second kappa shape index (κ2) is 10.4. The Morgan fingerprint density at radius 3 is 2.32 bits per heavy atom. The van der Waals surface area contributed by atoms with Crippen LogP contribution in [0.1, 0.15) is 56.6 Å². The Balaban J connectivity index is 1.29. The van der Waals surface area contributed by atoms with E-state index in [2.05, 4.69) is 14.6 Å². The SMILES string of the molecule is CC(=N)c1ccc(N2C3CCC2CC(OC/C(C(=N)c2ccccc2OC(F)(F)F)=C(/O)C2CC2)C3)nc1. The Morgan fingerprint density at radius 2 is 1.74 bits per heavy atom. The van der Waals surface area contributed by atoms with Crippen LogP contribution in [-0.4, -0.2) is 52.7 Å². The number of nitrogens with one attached hydrogen (secondary N) is 2. The molecule has 3 aliphatic rings. The lowest BCUT2D eigenvalue weighted by molar-refractivity contribution is -0.274. The van der Waals surface area contributed by atoms with Gasteiger partial charge < -0.3 is 24.9 Å². The van der Waals surface area contributed by atoms with Gasteiger partial charge in [0.2, 0.25) is 0 Å². The lowest BCUT2D eigenvalue weighted by Gasteiger charge is -2.39. The molecule has 2 aromatic rings. The van der Waals surface area contributed by atoms with Gasteiger partial charge in [0.15, 0.2) is 0 Å². The summed E-state index contributed by atoms with van der Waals surface area (Å²) in [7, 11) is 0. The second-order valence-electron chi connectivity index (χ2n) is 10.3. The minimum atomic E-state index is -4.89. The van der Waals surface area contributed by atoms with E-state index in [0.717, 1.165) is 49.9 Å². The number of rotatable bonds is 9. The fourth-order valence-corrected chi connectivity index (χ4v) is 5.53. The third-order valence-corrected chi connectivity index (χ3v) is 7.56. The molecule has 0 amide bonds. The molecular formula is C28H31F3N4O3. The van der Waals surface area contributed by atoms with Crippen molar-refractivity contribution in [2.75, 3.05) is 11.5 Å². The van der Waals surface area contributed by atoms with E-state index in [1.807, 2.05) is 12.1 Å². The first-order chi connectivity index (χ1) is 18.1. The molecule has 2 bridgehead atoms. The lowest BCUT2D eigenvalue weighted by atomic mass is 9.97. The molecule has 3 heterocycles. The Labute approximate surface area is 219 Å². The Hall–Kier alpha value is -3.40. The highest BCUT2D eigenvalue weighted by molar-refractivity contribution is 6.12. The van der Waals surface area contributed by atoms with Crippen molar-refractivity contribution < 1.29 is 27.8 Å². The average Bonchev–Trinajstić information content (AvgIpc) is 3.68. The zero-order valence-electron chi connectivity index (χ0n) is 21.1. The number of nitrogens with zero attached hydrogens (tertiary/aromatic N) is 2. The maximum absolute atomic E-state index is 13.0. The molecule has 0 radical (unpaired) electrons. The van der Waals surface area contributed by atoms with Crippen molar-refractivity contribution in [2.24, 2.45) is 5.92 Å². The first-order valence-electron chi connectivity index (χ1n) is 12.9. The van der Waals surface area contributed by atoms with Gasteiger partial charge in [0.05, 0.1) is 18.4 Å².